The summed E-state index contributed by atoms with van der Waals surface area (Å²) in [6.45, 7) is 0. The monoisotopic (exact) mass is 193 g/mol. The molecule has 2 aliphatic heterocycles. The second-order valence-electron chi connectivity index (χ2n) is 4.26. The molecule has 0 amide bonds. The molecule has 2 atom stereocenters. The lowest BCUT2D eigenvalue weighted by Gasteiger charge is -2.36. The molecule has 2 aliphatic rings. The highest BCUT2D eigenvalue weighted by Gasteiger charge is 2.48. The summed E-state index contributed by atoms with van der Waals surface area (Å²) in [6.07, 6.45) is -1.43. The first kappa shape index (κ1) is 9.31. The summed E-state index contributed by atoms with van der Waals surface area (Å²) < 4.78 is 37.3. The molecular weight excluding hydrogens is 179 g/mol. The molecule has 0 radical (unpaired) electrons. The molecule has 0 saturated carbocycles. The fourth-order valence-electron chi connectivity index (χ4n) is 2.68. The molecule has 76 valence electrons. The quantitative estimate of drug-likeness (QED) is 0.571. The molecule has 1 nitrogen and oxygen atoms in total. The van der Waals surface area contributed by atoms with Gasteiger partial charge in [0, 0.05) is 12.1 Å². The number of nitrogens with zero attached hydrogens (tertiary/aromatic N) is 1. The van der Waals surface area contributed by atoms with Crippen molar-refractivity contribution < 1.29 is 13.2 Å². The standard InChI is InChI=1S/C9H14F3N/c1-13-7-2-3-8(13)5-6(4-7)9(10,11)12/h6-8H,2-5H2,1H3. The first-order valence-electron chi connectivity index (χ1n) is 4.77. The van der Waals surface area contributed by atoms with Gasteiger partial charge in [-0.1, -0.05) is 0 Å². The minimum atomic E-state index is -3.97. The predicted molar refractivity (Wildman–Crippen MR) is 43.4 cm³/mol. The largest absolute Gasteiger partial charge is 0.391 e. The van der Waals surface area contributed by atoms with Crippen LogP contribution in [-0.2, 0) is 0 Å². The van der Waals surface area contributed by atoms with Crippen molar-refractivity contribution in [2.75, 3.05) is 7.05 Å². The highest BCUT2D eigenvalue weighted by atomic mass is 19.4. The van der Waals surface area contributed by atoms with Crippen molar-refractivity contribution in [1.82, 2.24) is 4.90 Å². The molecule has 2 fully saturated rings. The van der Waals surface area contributed by atoms with E-state index >= 15 is 0 Å². The Morgan fingerprint density at radius 3 is 1.92 bits per heavy atom. The van der Waals surface area contributed by atoms with Crippen LogP contribution in [0.2, 0.25) is 0 Å². The highest BCUT2D eigenvalue weighted by Crippen LogP contribution is 2.44. The second kappa shape index (κ2) is 2.87. The molecule has 0 aromatic rings. The molecule has 2 rings (SSSR count). The van der Waals surface area contributed by atoms with Gasteiger partial charge in [0.15, 0.2) is 0 Å². The molecular formula is C9H14F3N. The maximum absolute atomic E-state index is 12.4. The Morgan fingerprint density at radius 1 is 1.08 bits per heavy atom. The Hall–Kier alpha value is -0.250. The summed E-state index contributed by atoms with van der Waals surface area (Å²) in [4.78, 5) is 2.13. The Labute approximate surface area is 75.9 Å². The van der Waals surface area contributed by atoms with Gasteiger partial charge in [-0.15, -0.1) is 0 Å². The van der Waals surface area contributed by atoms with Crippen LogP contribution in [0.3, 0.4) is 0 Å². The van der Waals surface area contributed by atoms with E-state index in [0.717, 1.165) is 12.8 Å². The maximum Gasteiger partial charge on any atom is 0.391 e. The van der Waals surface area contributed by atoms with Gasteiger partial charge in [0.25, 0.3) is 0 Å². The molecule has 0 aromatic heterocycles. The van der Waals surface area contributed by atoms with E-state index in [9.17, 15) is 13.2 Å². The topological polar surface area (TPSA) is 3.24 Å². The van der Waals surface area contributed by atoms with Crippen LogP contribution in [0.15, 0.2) is 0 Å². The minimum Gasteiger partial charge on any atom is -0.300 e. The second-order valence-corrected chi connectivity index (χ2v) is 4.26. The van der Waals surface area contributed by atoms with E-state index in [1.165, 1.54) is 0 Å². The molecule has 2 bridgehead atoms. The fraction of sp³-hybridized carbons (Fsp3) is 1.00. The van der Waals surface area contributed by atoms with Crippen LogP contribution in [0.5, 0.6) is 0 Å². The maximum atomic E-state index is 12.4. The third kappa shape index (κ3) is 1.56. The number of fused-ring (bicyclic) bond motifs is 2. The van der Waals surface area contributed by atoms with Crippen molar-refractivity contribution in [3.63, 3.8) is 0 Å². The molecule has 0 aliphatic carbocycles. The number of rotatable bonds is 0. The Bertz CT molecular complexity index is 188. The van der Waals surface area contributed by atoms with Gasteiger partial charge >= 0.3 is 6.18 Å². The van der Waals surface area contributed by atoms with E-state index < -0.39 is 12.1 Å². The van der Waals surface area contributed by atoms with Crippen molar-refractivity contribution >= 4 is 0 Å². The molecule has 0 aromatic carbocycles. The summed E-state index contributed by atoms with van der Waals surface area (Å²) in [5.41, 5.74) is 0. The van der Waals surface area contributed by atoms with Crippen molar-refractivity contribution in [3.8, 4) is 0 Å². The van der Waals surface area contributed by atoms with Gasteiger partial charge in [-0.2, -0.15) is 13.2 Å². The zero-order valence-electron chi connectivity index (χ0n) is 7.64. The average molecular weight is 193 g/mol. The summed E-state index contributed by atoms with van der Waals surface area (Å²) in [7, 11) is 1.95. The molecule has 2 saturated heterocycles. The van der Waals surface area contributed by atoms with Gasteiger partial charge in [-0.3, -0.25) is 0 Å². The van der Waals surface area contributed by atoms with Gasteiger partial charge in [0.1, 0.15) is 0 Å². The van der Waals surface area contributed by atoms with Gasteiger partial charge < -0.3 is 4.90 Å². The molecule has 0 spiro atoms. The number of hydrogen-bond donors (Lipinski definition) is 0. The predicted octanol–water partition coefficient (Wildman–Crippen LogP) is 2.42. The number of halogens is 3. The van der Waals surface area contributed by atoms with E-state index in [-0.39, 0.29) is 12.1 Å². The highest BCUT2D eigenvalue weighted by molar-refractivity contribution is 4.95. The van der Waals surface area contributed by atoms with E-state index in [2.05, 4.69) is 4.90 Å². The Morgan fingerprint density at radius 2 is 1.54 bits per heavy atom. The van der Waals surface area contributed by atoms with Crippen molar-refractivity contribution in [1.29, 1.82) is 0 Å². The van der Waals surface area contributed by atoms with Crippen LogP contribution in [0.1, 0.15) is 25.7 Å². The number of hydrogen-bond acceptors (Lipinski definition) is 1. The molecule has 4 heteroatoms. The molecule has 2 unspecified atom stereocenters. The number of piperidine rings is 1. The summed E-state index contributed by atoms with van der Waals surface area (Å²) >= 11 is 0. The van der Waals surface area contributed by atoms with Crippen molar-refractivity contribution in [2.24, 2.45) is 5.92 Å². The molecule has 0 N–H and O–H groups in total. The Balaban J connectivity index is 2.07. The van der Waals surface area contributed by atoms with Crippen LogP contribution >= 0.6 is 0 Å². The van der Waals surface area contributed by atoms with Crippen molar-refractivity contribution in [2.45, 2.75) is 43.9 Å². The summed E-state index contributed by atoms with van der Waals surface area (Å²) in [5, 5.41) is 0. The number of alkyl halides is 3. The minimum absolute atomic E-state index is 0.186. The summed E-state index contributed by atoms with van der Waals surface area (Å²) in [5.74, 6) is -1.04. The van der Waals surface area contributed by atoms with Crippen LogP contribution < -0.4 is 0 Å². The van der Waals surface area contributed by atoms with Crippen LogP contribution in [0.4, 0.5) is 13.2 Å². The van der Waals surface area contributed by atoms with Crippen molar-refractivity contribution in [3.05, 3.63) is 0 Å². The van der Waals surface area contributed by atoms with E-state index in [4.69, 9.17) is 0 Å². The van der Waals surface area contributed by atoms with Gasteiger partial charge in [-0.25, -0.2) is 0 Å². The Kier molecular flexibility index (Phi) is 2.06. The first-order chi connectivity index (χ1) is 5.98. The van der Waals surface area contributed by atoms with Crippen LogP contribution in [-0.4, -0.2) is 30.2 Å². The van der Waals surface area contributed by atoms with Gasteiger partial charge in [-0.05, 0) is 32.7 Å². The van der Waals surface area contributed by atoms with E-state index in [1.807, 2.05) is 7.05 Å². The third-order valence-corrected chi connectivity index (χ3v) is 3.56. The zero-order valence-corrected chi connectivity index (χ0v) is 7.64. The SMILES string of the molecule is CN1C2CCC1CC(C(F)(F)F)C2. The zero-order chi connectivity index (χ0) is 9.64. The molecule has 2 heterocycles. The fourth-order valence-corrected chi connectivity index (χ4v) is 2.68. The van der Waals surface area contributed by atoms with Gasteiger partial charge in [0.2, 0.25) is 0 Å². The lowest BCUT2D eigenvalue weighted by atomic mass is 9.91. The molecule has 13 heavy (non-hydrogen) atoms. The lowest BCUT2D eigenvalue weighted by Crippen LogP contribution is -2.44. The van der Waals surface area contributed by atoms with E-state index in [1.54, 1.807) is 0 Å². The third-order valence-electron chi connectivity index (χ3n) is 3.56. The van der Waals surface area contributed by atoms with Crippen LogP contribution in [0, 0.1) is 5.92 Å². The smallest absolute Gasteiger partial charge is 0.300 e. The van der Waals surface area contributed by atoms with Crippen LogP contribution in [0.25, 0.3) is 0 Å². The first-order valence-corrected chi connectivity index (χ1v) is 4.77. The van der Waals surface area contributed by atoms with Gasteiger partial charge in [0.05, 0.1) is 5.92 Å². The van der Waals surface area contributed by atoms with E-state index in [0.29, 0.717) is 12.8 Å². The normalized spacial score (nSPS) is 41.1. The summed E-state index contributed by atoms with van der Waals surface area (Å²) in [6, 6.07) is 0.371. The average Bonchev–Trinajstić information content (AvgIpc) is 2.29. The lowest BCUT2D eigenvalue weighted by molar-refractivity contribution is -0.190.